The van der Waals surface area contributed by atoms with Gasteiger partial charge in [0.2, 0.25) is 0 Å². The summed E-state index contributed by atoms with van der Waals surface area (Å²) in [6, 6.07) is 10.9. The second-order valence-electron chi connectivity index (χ2n) is 4.90. The molecule has 0 aliphatic heterocycles. The molecule has 0 aliphatic carbocycles. The Morgan fingerprint density at radius 2 is 2.05 bits per heavy atom. The molecule has 0 fully saturated rings. The van der Waals surface area contributed by atoms with Gasteiger partial charge >= 0.3 is 0 Å². The van der Waals surface area contributed by atoms with Crippen molar-refractivity contribution in [2.45, 2.75) is 13.8 Å². The number of carbonyl (C=O) groups excluding carboxylic acids is 1. The normalized spacial score (nSPS) is 11.4. The number of carbonyl (C=O) groups is 1. The van der Waals surface area contributed by atoms with Crippen LogP contribution < -0.4 is 0 Å². The van der Waals surface area contributed by atoms with Gasteiger partial charge in [0.05, 0.1) is 11.4 Å². The lowest BCUT2D eigenvalue weighted by atomic mass is 10.1. The fourth-order valence-electron chi connectivity index (χ4n) is 2.14. The van der Waals surface area contributed by atoms with Gasteiger partial charge < -0.3 is 0 Å². The minimum Gasteiger partial charge on any atom is -0.295 e. The lowest BCUT2D eigenvalue weighted by Crippen LogP contribution is -1.89. The molecule has 3 rings (SSSR count). The highest BCUT2D eigenvalue weighted by molar-refractivity contribution is 9.10. The van der Waals surface area contributed by atoms with Crippen LogP contribution in [-0.2, 0) is 0 Å². The van der Waals surface area contributed by atoms with E-state index in [1.165, 1.54) is 6.92 Å². The van der Waals surface area contributed by atoms with Crippen molar-refractivity contribution in [3.63, 3.8) is 0 Å². The van der Waals surface area contributed by atoms with Crippen molar-refractivity contribution in [2.24, 2.45) is 10.2 Å². The molecule has 0 unspecified atom stereocenters. The average molecular weight is 357 g/mol. The van der Waals surface area contributed by atoms with Gasteiger partial charge in [-0.05, 0) is 54.0 Å². The number of ketones is 1. The molecule has 1 aromatic carbocycles. The molecular weight excluding hydrogens is 344 g/mol. The van der Waals surface area contributed by atoms with Crippen molar-refractivity contribution < 1.29 is 4.79 Å². The van der Waals surface area contributed by atoms with Crippen LogP contribution in [0.2, 0.25) is 0 Å². The fraction of sp³-hybridized carbons (Fsp3) is 0.125. The summed E-state index contributed by atoms with van der Waals surface area (Å²) in [5.74, 6) is 0.677. The molecule has 0 bridgehead atoms. The molecule has 0 spiro atoms. The molecule has 0 aliphatic rings. The predicted octanol–water partition coefficient (Wildman–Crippen LogP) is 5.02. The van der Waals surface area contributed by atoms with Crippen molar-refractivity contribution in [1.29, 1.82) is 0 Å². The fourth-order valence-corrected chi connectivity index (χ4v) is 2.47. The summed E-state index contributed by atoms with van der Waals surface area (Å²) >= 11 is 3.44. The number of aromatic nitrogens is 2. The van der Waals surface area contributed by atoms with Gasteiger partial charge in [0.1, 0.15) is 5.65 Å². The van der Waals surface area contributed by atoms with Gasteiger partial charge in [-0.25, -0.2) is 4.98 Å². The molecule has 6 heteroatoms. The topological polar surface area (TPSA) is 59.1 Å². The van der Waals surface area contributed by atoms with Crippen LogP contribution in [0.3, 0.4) is 0 Å². The van der Waals surface area contributed by atoms with Crippen LogP contribution in [0.25, 0.3) is 5.65 Å². The number of aryl methyl sites for hydroxylation is 1. The number of pyridine rings is 1. The maximum Gasteiger partial charge on any atom is 0.182 e. The van der Waals surface area contributed by atoms with Crippen molar-refractivity contribution in [2.75, 3.05) is 0 Å². The number of hydrogen-bond acceptors (Lipinski definition) is 4. The Morgan fingerprint density at radius 3 is 2.82 bits per heavy atom. The summed E-state index contributed by atoms with van der Waals surface area (Å²) in [5, 5.41) is 8.53. The highest BCUT2D eigenvalue weighted by Gasteiger charge is 2.08. The van der Waals surface area contributed by atoms with Crippen LogP contribution in [0.1, 0.15) is 23.0 Å². The Kier molecular flexibility index (Phi) is 3.85. The first-order valence-electron chi connectivity index (χ1n) is 6.71. The number of halogens is 1. The van der Waals surface area contributed by atoms with Crippen LogP contribution in [-0.4, -0.2) is 15.2 Å². The van der Waals surface area contributed by atoms with E-state index in [0.717, 1.165) is 15.8 Å². The lowest BCUT2D eigenvalue weighted by Gasteiger charge is -1.98. The molecule has 0 atom stereocenters. The second-order valence-corrected chi connectivity index (χ2v) is 5.82. The maximum absolute atomic E-state index is 11.4. The van der Waals surface area contributed by atoms with Gasteiger partial charge in [0.15, 0.2) is 11.6 Å². The third-order valence-electron chi connectivity index (χ3n) is 3.24. The Labute approximate surface area is 135 Å². The number of azo groups is 1. The number of rotatable bonds is 3. The van der Waals surface area contributed by atoms with Crippen molar-refractivity contribution >= 4 is 38.9 Å². The largest absolute Gasteiger partial charge is 0.295 e. The summed E-state index contributed by atoms with van der Waals surface area (Å²) in [7, 11) is 0. The summed E-state index contributed by atoms with van der Waals surface area (Å²) in [5.41, 5.74) is 2.86. The zero-order chi connectivity index (χ0) is 15.7. The summed E-state index contributed by atoms with van der Waals surface area (Å²) < 4.78 is 2.81. The van der Waals surface area contributed by atoms with Crippen LogP contribution in [0.15, 0.2) is 57.3 Å². The van der Waals surface area contributed by atoms with Gasteiger partial charge in [-0.15, -0.1) is 10.2 Å². The molecule has 22 heavy (non-hydrogen) atoms. The molecule has 0 saturated carbocycles. The first kappa shape index (κ1) is 14.6. The Morgan fingerprint density at radius 1 is 1.23 bits per heavy atom. The van der Waals surface area contributed by atoms with E-state index >= 15 is 0 Å². The van der Waals surface area contributed by atoms with E-state index in [-0.39, 0.29) is 5.78 Å². The van der Waals surface area contributed by atoms with E-state index in [0.29, 0.717) is 17.1 Å². The number of benzene rings is 1. The third-order valence-corrected chi connectivity index (χ3v) is 3.71. The van der Waals surface area contributed by atoms with E-state index in [1.54, 1.807) is 18.2 Å². The van der Waals surface area contributed by atoms with Gasteiger partial charge in [0, 0.05) is 16.2 Å². The number of imidazole rings is 1. The smallest absolute Gasteiger partial charge is 0.182 e. The minimum atomic E-state index is 0.00645. The zero-order valence-corrected chi connectivity index (χ0v) is 13.7. The Bertz CT molecular complexity index is 898. The molecule has 110 valence electrons. The minimum absolute atomic E-state index is 0.00645. The first-order chi connectivity index (χ1) is 10.5. The standard InChI is InChI=1S/C16H13BrN4O/c1-10-16(21-9-13(17)6-7-15(21)18-10)20-19-14-5-3-4-12(8-14)11(2)22/h3-9H,1-2H3. The van der Waals surface area contributed by atoms with Crippen molar-refractivity contribution in [3.8, 4) is 0 Å². The molecule has 0 saturated heterocycles. The molecule has 3 aromatic rings. The molecule has 0 N–H and O–H groups in total. The number of Topliss-reactive ketones (excluding diaryl/α,β-unsaturated/α-hetero) is 1. The van der Waals surface area contributed by atoms with Gasteiger partial charge in [-0.3, -0.25) is 9.20 Å². The number of fused-ring (bicyclic) bond motifs is 1. The summed E-state index contributed by atoms with van der Waals surface area (Å²) in [6.07, 6.45) is 1.90. The molecule has 2 heterocycles. The van der Waals surface area contributed by atoms with Crippen molar-refractivity contribution in [1.82, 2.24) is 9.38 Å². The van der Waals surface area contributed by atoms with Crippen LogP contribution >= 0.6 is 15.9 Å². The van der Waals surface area contributed by atoms with Crippen LogP contribution in [0.5, 0.6) is 0 Å². The third kappa shape index (κ3) is 2.82. The van der Waals surface area contributed by atoms with Crippen molar-refractivity contribution in [3.05, 3.63) is 58.3 Å². The maximum atomic E-state index is 11.4. The second kappa shape index (κ2) is 5.81. The van der Waals surface area contributed by atoms with Gasteiger partial charge in [-0.2, -0.15) is 0 Å². The SMILES string of the molecule is CC(=O)c1cccc(N=Nc2c(C)nc3ccc(Br)cn23)c1. The van der Waals surface area contributed by atoms with E-state index in [2.05, 4.69) is 31.1 Å². The zero-order valence-electron chi connectivity index (χ0n) is 12.1. The predicted molar refractivity (Wildman–Crippen MR) is 88.3 cm³/mol. The first-order valence-corrected chi connectivity index (χ1v) is 7.51. The van der Waals surface area contributed by atoms with E-state index < -0.39 is 0 Å². The van der Waals surface area contributed by atoms with Crippen LogP contribution in [0.4, 0.5) is 11.5 Å². The molecule has 2 aromatic heterocycles. The van der Waals surface area contributed by atoms with Crippen LogP contribution in [0, 0.1) is 6.92 Å². The molecular formula is C16H13BrN4O. The molecule has 5 nitrogen and oxygen atoms in total. The highest BCUT2D eigenvalue weighted by Crippen LogP contribution is 2.25. The number of nitrogens with zero attached hydrogens (tertiary/aromatic N) is 4. The quantitative estimate of drug-likeness (QED) is 0.488. The summed E-state index contributed by atoms with van der Waals surface area (Å²) in [6.45, 7) is 3.42. The number of hydrogen-bond donors (Lipinski definition) is 0. The highest BCUT2D eigenvalue weighted by atomic mass is 79.9. The average Bonchev–Trinajstić information content (AvgIpc) is 2.80. The molecule has 0 amide bonds. The van der Waals surface area contributed by atoms with Gasteiger partial charge in [-0.1, -0.05) is 12.1 Å². The van der Waals surface area contributed by atoms with E-state index in [4.69, 9.17) is 0 Å². The van der Waals surface area contributed by atoms with Gasteiger partial charge in [0.25, 0.3) is 0 Å². The molecule has 0 radical (unpaired) electrons. The Hall–Kier alpha value is -2.34. The summed E-state index contributed by atoms with van der Waals surface area (Å²) in [4.78, 5) is 15.9. The van der Waals surface area contributed by atoms with E-state index in [1.807, 2.05) is 35.7 Å². The lowest BCUT2D eigenvalue weighted by molar-refractivity contribution is 0.101. The van der Waals surface area contributed by atoms with E-state index in [9.17, 15) is 4.79 Å². The Balaban J connectivity index is 2.02. The monoisotopic (exact) mass is 356 g/mol.